The van der Waals surface area contributed by atoms with Crippen LogP contribution in [0.1, 0.15) is 32.6 Å². The highest BCUT2D eigenvalue weighted by molar-refractivity contribution is 7.92. The molecule has 38 heavy (non-hydrogen) atoms. The molecule has 1 amide bonds. The van der Waals surface area contributed by atoms with E-state index in [0.717, 1.165) is 27.8 Å². The van der Waals surface area contributed by atoms with E-state index >= 15 is 0 Å². The average molecular weight is 547 g/mol. The van der Waals surface area contributed by atoms with Gasteiger partial charge in [0, 0.05) is 29.8 Å². The van der Waals surface area contributed by atoms with E-state index in [0.29, 0.717) is 29.1 Å². The van der Waals surface area contributed by atoms with E-state index in [2.05, 4.69) is 14.7 Å². The van der Waals surface area contributed by atoms with Crippen LogP contribution in [0.25, 0.3) is 11.3 Å². The Hall–Kier alpha value is -3.43. The number of anilines is 1. The first-order valence-corrected chi connectivity index (χ1v) is 13.7. The number of benzene rings is 3. The van der Waals surface area contributed by atoms with Crippen LogP contribution in [0, 0.1) is 13.8 Å². The van der Waals surface area contributed by atoms with Gasteiger partial charge in [-0.25, -0.2) is 4.98 Å². The van der Waals surface area contributed by atoms with Crippen molar-refractivity contribution in [1.29, 1.82) is 0 Å². The molecule has 2 N–H and O–H groups in total. The molecule has 0 bridgehead atoms. The molecular weight excluding hydrogens is 520 g/mol. The molecule has 1 unspecified atom stereocenters. The molecule has 0 fully saturated rings. The molecule has 0 aliphatic carbocycles. The third-order valence-corrected chi connectivity index (χ3v) is 7.98. The molecule has 1 aliphatic heterocycles. The number of rotatable bonds is 6. The zero-order chi connectivity index (χ0) is 26.8. The molecule has 4 aromatic rings. The highest BCUT2D eigenvalue weighted by atomic mass is 35.5. The van der Waals surface area contributed by atoms with E-state index in [4.69, 9.17) is 11.6 Å². The van der Waals surface area contributed by atoms with Crippen LogP contribution in [0.3, 0.4) is 0 Å². The minimum absolute atomic E-state index is 0.123. The van der Waals surface area contributed by atoms with E-state index in [1.165, 1.54) is 0 Å². The van der Waals surface area contributed by atoms with E-state index in [9.17, 15) is 14.5 Å². The predicted octanol–water partition coefficient (Wildman–Crippen LogP) is 5.11. The lowest BCUT2D eigenvalue weighted by Gasteiger charge is -2.36. The van der Waals surface area contributed by atoms with Crippen LogP contribution in [-0.2, 0) is 24.3 Å². The standard InChI is InChI=1S/C29H27ClN4O3S/c1-18-7-5-8-19(2)27(18)25-15-26(30)32-29(31-25)33-38(37)24-12-6-11-21(14-24)28(36)34-16-22-10-4-3-9-20(22)13-23(34)17-35/h3-12,14-15,23,35H,13,16-17H2,1-2H3,(H,31,32,33)/t23-,38?/m1/s1. The summed E-state index contributed by atoms with van der Waals surface area (Å²) in [5.41, 5.74) is 6.24. The van der Waals surface area contributed by atoms with Crippen molar-refractivity contribution >= 4 is 34.8 Å². The summed E-state index contributed by atoms with van der Waals surface area (Å²) in [6, 6.07) is 21.9. The Kier molecular flexibility index (Phi) is 7.67. The maximum atomic E-state index is 13.5. The van der Waals surface area contributed by atoms with Gasteiger partial charge < -0.3 is 14.6 Å². The molecule has 1 aliphatic rings. The Morgan fingerprint density at radius 3 is 2.50 bits per heavy atom. The summed E-state index contributed by atoms with van der Waals surface area (Å²) in [4.78, 5) is 24.3. The zero-order valence-electron chi connectivity index (χ0n) is 21.0. The summed E-state index contributed by atoms with van der Waals surface area (Å²) in [5.74, 6) is -0.105. The van der Waals surface area contributed by atoms with Crippen molar-refractivity contribution in [2.24, 2.45) is 0 Å². The fraction of sp³-hybridized carbons (Fsp3) is 0.207. The Labute approximate surface area is 229 Å². The SMILES string of the molecule is Cc1cccc(C)c1-c1cc(Cl)nc(N[S+]([O-])c2cccc(C(=O)N3Cc4ccccc4C[C@@H]3CO)c2)n1. The second-order valence-corrected chi connectivity index (χ2v) is 10.9. The first-order valence-electron chi connectivity index (χ1n) is 12.2. The maximum Gasteiger partial charge on any atom is 0.267 e. The first-order chi connectivity index (χ1) is 18.3. The van der Waals surface area contributed by atoms with Crippen LogP contribution in [0.15, 0.2) is 77.7 Å². The lowest BCUT2D eigenvalue weighted by molar-refractivity contribution is 0.0544. The highest BCUT2D eigenvalue weighted by Crippen LogP contribution is 2.29. The molecular formula is C29H27ClN4O3S. The van der Waals surface area contributed by atoms with Gasteiger partial charge in [-0.15, -0.1) is 0 Å². The molecule has 7 nitrogen and oxygen atoms in total. The molecule has 9 heteroatoms. The van der Waals surface area contributed by atoms with Crippen LogP contribution < -0.4 is 4.72 Å². The second kappa shape index (κ2) is 11.1. The van der Waals surface area contributed by atoms with E-state index in [-0.39, 0.29) is 29.7 Å². The third kappa shape index (κ3) is 5.39. The largest absolute Gasteiger partial charge is 0.588 e. The van der Waals surface area contributed by atoms with Crippen LogP contribution in [0.2, 0.25) is 5.15 Å². The Bertz CT molecular complexity index is 1480. The summed E-state index contributed by atoms with van der Waals surface area (Å²) >= 11 is 4.54. The Morgan fingerprint density at radius 2 is 1.76 bits per heavy atom. The Morgan fingerprint density at radius 1 is 1.05 bits per heavy atom. The summed E-state index contributed by atoms with van der Waals surface area (Å²) in [5, 5.41) is 10.2. The molecule has 3 aromatic carbocycles. The second-order valence-electron chi connectivity index (χ2n) is 9.31. The molecule has 1 aromatic heterocycles. The van der Waals surface area contributed by atoms with Crippen molar-refractivity contribution in [1.82, 2.24) is 14.9 Å². The number of hydrogen-bond donors (Lipinski definition) is 2. The molecule has 2 heterocycles. The summed E-state index contributed by atoms with van der Waals surface area (Å²) in [6.45, 7) is 4.26. The molecule has 194 valence electrons. The van der Waals surface area contributed by atoms with Crippen molar-refractivity contribution in [2.45, 2.75) is 37.8 Å². The van der Waals surface area contributed by atoms with E-state index in [1.807, 2.05) is 56.3 Å². The smallest absolute Gasteiger partial charge is 0.267 e. The number of fused-ring (bicyclic) bond motifs is 1. The van der Waals surface area contributed by atoms with Gasteiger partial charge in [-0.2, -0.15) is 9.71 Å². The fourth-order valence-electron chi connectivity index (χ4n) is 4.85. The minimum Gasteiger partial charge on any atom is -0.588 e. The molecule has 5 rings (SSSR count). The van der Waals surface area contributed by atoms with Crippen molar-refractivity contribution in [3.8, 4) is 11.3 Å². The molecule has 2 atom stereocenters. The molecule has 0 saturated heterocycles. The van der Waals surface area contributed by atoms with Gasteiger partial charge in [0.25, 0.3) is 11.9 Å². The number of amides is 1. The summed E-state index contributed by atoms with van der Waals surface area (Å²) in [6.07, 6.45) is 0.584. The molecule has 0 spiro atoms. The highest BCUT2D eigenvalue weighted by Gasteiger charge is 2.30. The number of carbonyl (C=O) groups is 1. The van der Waals surface area contributed by atoms with Crippen molar-refractivity contribution in [2.75, 3.05) is 11.3 Å². The number of aryl methyl sites for hydroxylation is 2. The van der Waals surface area contributed by atoms with Gasteiger partial charge in [-0.05, 0) is 54.7 Å². The van der Waals surface area contributed by atoms with Gasteiger partial charge in [0.15, 0.2) is 4.90 Å². The number of aromatic nitrogens is 2. The Balaban J connectivity index is 1.38. The first kappa shape index (κ1) is 26.2. The number of aliphatic hydroxyl groups is 1. The third-order valence-electron chi connectivity index (χ3n) is 6.74. The van der Waals surface area contributed by atoms with Gasteiger partial charge in [0.2, 0.25) is 0 Å². The quantitative estimate of drug-likeness (QED) is 0.257. The number of aliphatic hydroxyl groups excluding tert-OH is 1. The monoisotopic (exact) mass is 546 g/mol. The van der Waals surface area contributed by atoms with Crippen LogP contribution in [-0.4, -0.2) is 43.1 Å². The topological polar surface area (TPSA) is 101 Å². The van der Waals surface area contributed by atoms with Crippen LogP contribution in [0.4, 0.5) is 5.95 Å². The maximum absolute atomic E-state index is 13.5. The normalized spacial score (nSPS) is 15.6. The lowest BCUT2D eigenvalue weighted by atomic mass is 9.93. The van der Waals surface area contributed by atoms with Gasteiger partial charge >= 0.3 is 0 Å². The number of halogens is 1. The summed E-state index contributed by atoms with van der Waals surface area (Å²) in [7, 11) is 0. The average Bonchev–Trinajstić information content (AvgIpc) is 2.91. The van der Waals surface area contributed by atoms with Crippen LogP contribution in [0.5, 0.6) is 0 Å². The van der Waals surface area contributed by atoms with Crippen molar-refractivity contribution < 1.29 is 14.5 Å². The minimum atomic E-state index is -1.75. The fourth-order valence-corrected chi connectivity index (χ4v) is 5.84. The van der Waals surface area contributed by atoms with E-state index in [1.54, 1.807) is 35.2 Å². The molecule has 0 saturated carbocycles. The number of nitrogens with zero attached hydrogens (tertiary/aromatic N) is 3. The van der Waals surface area contributed by atoms with Crippen molar-refractivity contribution in [3.05, 3.63) is 106 Å². The van der Waals surface area contributed by atoms with Crippen molar-refractivity contribution in [3.63, 3.8) is 0 Å². The summed E-state index contributed by atoms with van der Waals surface area (Å²) < 4.78 is 16.1. The number of carbonyl (C=O) groups excluding carboxylic acids is 1. The zero-order valence-corrected chi connectivity index (χ0v) is 22.6. The number of hydrogen-bond acceptors (Lipinski definition) is 6. The van der Waals surface area contributed by atoms with Gasteiger partial charge in [0.05, 0.1) is 18.3 Å². The lowest BCUT2D eigenvalue weighted by Crippen LogP contribution is -2.46. The van der Waals surface area contributed by atoms with Crippen LogP contribution >= 0.6 is 11.6 Å². The van der Waals surface area contributed by atoms with Gasteiger partial charge in [-0.1, -0.05) is 60.1 Å². The predicted molar refractivity (Wildman–Crippen MR) is 149 cm³/mol. The van der Waals surface area contributed by atoms with Gasteiger partial charge in [-0.3, -0.25) is 4.79 Å². The molecule has 0 radical (unpaired) electrons. The number of nitrogens with one attached hydrogen (secondary N) is 1. The van der Waals surface area contributed by atoms with E-state index < -0.39 is 11.4 Å². The van der Waals surface area contributed by atoms with Gasteiger partial charge in [0.1, 0.15) is 16.5 Å².